The molecule has 4 heteroatoms. The molecule has 19 heavy (non-hydrogen) atoms. The third kappa shape index (κ3) is 3.25. The van der Waals surface area contributed by atoms with E-state index in [1.54, 1.807) is 0 Å². The van der Waals surface area contributed by atoms with Crippen LogP contribution in [0.15, 0.2) is 24.3 Å². The van der Waals surface area contributed by atoms with E-state index in [-0.39, 0.29) is 0 Å². The molecule has 0 radical (unpaired) electrons. The fraction of sp³-hybridized carbons (Fsp3) is 0.533. The minimum Gasteiger partial charge on any atom is -0.368 e. The van der Waals surface area contributed by atoms with Crippen LogP contribution in [0, 0.1) is 11.3 Å². The third-order valence-electron chi connectivity index (χ3n) is 3.80. The van der Waals surface area contributed by atoms with Crippen molar-refractivity contribution in [2.24, 2.45) is 0 Å². The monoisotopic (exact) mass is 258 g/mol. The molecule has 0 spiro atoms. The second-order valence-electron chi connectivity index (χ2n) is 5.06. The Labute approximate surface area is 115 Å². The number of nitrogens with one attached hydrogen (secondary N) is 1. The van der Waals surface area contributed by atoms with E-state index in [2.05, 4.69) is 28.1 Å². The molecule has 4 nitrogen and oxygen atoms in total. The Morgan fingerprint density at radius 3 is 2.58 bits per heavy atom. The van der Waals surface area contributed by atoms with Gasteiger partial charge in [0.2, 0.25) is 0 Å². The summed E-state index contributed by atoms with van der Waals surface area (Å²) in [6, 6.07) is 10.7. The van der Waals surface area contributed by atoms with Crippen LogP contribution in [0.2, 0.25) is 0 Å². The summed E-state index contributed by atoms with van der Waals surface area (Å²) < 4.78 is 0. The normalized spacial score (nSPS) is 18.1. The van der Waals surface area contributed by atoms with Crippen molar-refractivity contribution in [3.8, 4) is 6.07 Å². The highest BCUT2D eigenvalue weighted by Gasteiger charge is 2.21. The standard InChI is InChI=1S/C15H22N4/c1-13(12-17-2)18-7-9-19(10-8-18)15-6-4-3-5-14(15)11-16/h3-6,13,17H,7-10,12H2,1-2H3. The van der Waals surface area contributed by atoms with E-state index in [0.29, 0.717) is 6.04 Å². The molecule has 0 saturated carbocycles. The lowest BCUT2D eigenvalue weighted by Crippen LogP contribution is -2.51. The highest BCUT2D eigenvalue weighted by atomic mass is 15.3. The van der Waals surface area contributed by atoms with Gasteiger partial charge in [0.05, 0.1) is 11.3 Å². The number of piperazine rings is 1. The van der Waals surface area contributed by atoms with Crippen LogP contribution in [0.5, 0.6) is 0 Å². The quantitative estimate of drug-likeness (QED) is 0.883. The molecule has 0 aromatic heterocycles. The number of nitriles is 1. The number of hydrogen-bond donors (Lipinski definition) is 1. The van der Waals surface area contributed by atoms with Crippen LogP contribution in [-0.4, -0.2) is 50.7 Å². The van der Waals surface area contributed by atoms with Gasteiger partial charge in [0.25, 0.3) is 0 Å². The molecule has 1 N–H and O–H groups in total. The molecule has 102 valence electrons. The van der Waals surface area contributed by atoms with E-state index in [4.69, 9.17) is 5.26 Å². The molecule has 1 heterocycles. The van der Waals surface area contributed by atoms with Crippen molar-refractivity contribution >= 4 is 5.69 Å². The van der Waals surface area contributed by atoms with Gasteiger partial charge in [-0.1, -0.05) is 12.1 Å². The van der Waals surface area contributed by atoms with Crippen LogP contribution in [-0.2, 0) is 0 Å². The van der Waals surface area contributed by atoms with Gasteiger partial charge in [-0.2, -0.15) is 5.26 Å². The predicted octanol–water partition coefficient (Wildman–Crippen LogP) is 1.29. The van der Waals surface area contributed by atoms with Crippen LogP contribution in [0.1, 0.15) is 12.5 Å². The van der Waals surface area contributed by atoms with Crippen LogP contribution in [0.25, 0.3) is 0 Å². The summed E-state index contributed by atoms with van der Waals surface area (Å²) in [5.74, 6) is 0. The fourth-order valence-electron chi connectivity index (χ4n) is 2.67. The first-order valence-corrected chi connectivity index (χ1v) is 6.89. The van der Waals surface area contributed by atoms with Crippen molar-refractivity contribution < 1.29 is 0 Å². The van der Waals surface area contributed by atoms with Crippen molar-refractivity contribution in [1.82, 2.24) is 10.2 Å². The van der Waals surface area contributed by atoms with Crippen LogP contribution >= 0.6 is 0 Å². The molecule has 0 bridgehead atoms. The van der Waals surface area contributed by atoms with Crippen LogP contribution in [0.3, 0.4) is 0 Å². The summed E-state index contributed by atoms with van der Waals surface area (Å²) in [6.45, 7) is 7.38. The van der Waals surface area contributed by atoms with Crippen molar-refractivity contribution in [1.29, 1.82) is 5.26 Å². The lowest BCUT2D eigenvalue weighted by molar-refractivity contribution is 0.195. The summed E-state index contributed by atoms with van der Waals surface area (Å²) in [6.07, 6.45) is 0. The first-order valence-electron chi connectivity index (χ1n) is 6.89. The van der Waals surface area contributed by atoms with E-state index >= 15 is 0 Å². The minimum absolute atomic E-state index is 0.568. The molecule has 1 atom stereocenters. The molecule has 1 aromatic carbocycles. The Morgan fingerprint density at radius 1 is 1.26 bits per heavy atom. The Morgan fingerprint density at radius 2 is 1.95 bits per heavy atom. The van der Waals surface area contributed by atoms with E-state index in [1.165, 1.54) is 0 Å². The number of benzene rings is 1. The third-order valence-corrected chi connectivity index (χ3v) is 3.80. The highest BCUT2D eigenvalue weighted by Crippen LogP contribution is 2.21. The average molecular weight is 258 g/mol. The number of nitrogens with zero attached hydrogens (tertiary/aromatic N) is 3. The van der Waals surface area contributed by atoms with Crippen molar-refractivity contribution in [3.63, 3.8) is 0 Å². The average Bonchev–Trinajstić information content (AvgIpc) is 2.47. The lowest BCUT2D eigenvalue weighted by Gasteiger charge is -2.39. The van der Waals surface area contributed by atoms with Gasteiger partial charge < -0.3 is 10.2 Å². The molecule has 1 unspecified atom stereocenters. The topological polar surface area (TPSA) is 42.3 Å². The second kappa shape index (κ2) is 6.55. The zero-order valence-corrected chi connectivity index (χ0v) is 11.8. The van der Waals surface area contributed by atoms with Gasteiger partial charge in [-0.15, -0.1) is 0 Å². The fourth-order valence-corrected chi connectivity index (χ4v) is 2.67. The summed E-state index contributed by atoms with van der Waals surface area (Å²) in [7, 11) is 2.00. The molecule has 0 aliphatic carbocycles. The maximum atomic E-state index is 9.16. The number of rotatable bonds is 4. The zero-order valence-electron chi connectivity index (χ0n) is 11.8. The molecule has 1 aliphatic heterocycles. The minimum atomic E-state index is 0.568. The Bertz CT molecular complexity index is 444. The Hall–Kier alpha value is -1.57. The number of hydrogen-bond acceptors (Lipinski definition) is 4. The van der Waals surface area contributed by atoms with Gasteiger partial charge in [-0.3, -0.25) is 4.90 Å². The maximum Gasteiger partial charge on any atom is 0.101 e. The largest absolute Gasteiger partial charge is 0.368 e. The lowest BCUT2D eigenvalue weighted by atomic mass is 10.1. The van der Waals surface area contributed by atoms with E-state index in [9.17, 15) is 0 Å². The number of para-hydroxylation sites is 1. The second-order valence-corrected chi connectivity index (χ2v) is 5.06. The summed E-state index contributed by atoms with van der Waals surface area (Å²) in [5.41, 5.74) is 1.85. The predicted molar refractivity (Wildman–Crippen MR) is 78.3 cm³/mol. The van der Waals surface area contributed by atoms with Crippen molar-refractivity contribution in [2.75, 3.05) is 44.7 Å². The molecular weight excluding hydrogens is 236 g/mol. The van der Waals surface area contributed by atoms with Gasteiger partial charge in [-0.05, 0) is 26.1 Å². The summed E-state index contributed by atoms with van der Waals surface area (Å²) in [5, 5.41) is 12.4. The Kier molecular flexibility index (Phi) is 4.78. The molecule has 1 aliphatic rings. The molecule has 1 saturated heterocycles. The van der Waals surface area contributed by atoms with Gasteiger partial charge in [0.1, 0.15) is 6.07 Å². The number of anilines is 1. The van der Waals surface area contributed by atoms with Gasteiger partial charge in [0.15, 0.2) is 0 Å². The maximum absolute atomic E-state index is 9.16. The smallest absolute Gasteiger partial charge is 0.101 e. The molecule has 1 fully saturated rings. The number of likely N-dealkylation sites (N-methyl/N-ethyl adjacent to an activating group) is 1. The molecule has 1 aromatic rings. The molecule has 0 amide bonds. The first-order chi connectivity index (χ1) is 9.26. The zero-order chi connectivity index (χ0) is 13.7. The first kappa shape index (κ1) is 13.9. The summed E-state index contributed by atoms with van der Waals surface area (Å²) in [4.78, 5) is 4.82. The van der Waals surface area contributed by atoms with Gasteiger partial charge in [0, 0.05) is 38.8 Å². The van der Waals surface area contributed by atoms with E-state index in [0.717, 1.165) is 44.0 Å². The highest BCUT2D eigenvalue weighted by molar-refractivity contribution is 5.59. The SMILES string of the molecule is CNCC(C)N1CCN(c2ccccc2C#N)CC1. The van der Waals surface area contributed by atoms with E-state index in [1.807, 2.05) is 31.3 Å². The summed E-state index contributed by atoms with van der Waals surface area (Å²) >= 11 is 0. The van der Waals surface area contributed by atoms with Gasteiger partial charge in [-0.25, -0.2) is 0 Å². The van der Waals surface area contributed by atoms with Gasteiger partial charge >= 0.3 is 0 Å². The van der Waals surface area contributed by atoms with Crippen LogP contribution in [0.4, 0.5) is 5.69 Å². The Balaban J connectivity index is 1.98. The molecular formula is C15H22N4. The van der Waals surface area contributed by atoms with Crippen LogP contribution < -0.4 is 10.2 Å². The van der Waals surface area contributed by atoms with Crippen molar-refractivity contribution in [2.45, 2.75) is 13.0 Å². The molecule has 2 rings (SSSR count). The van der Waals surface area contributed by atoms with Crippen molar-refractivity contribution in [3.05, 3.63) is 29.8 Å². The van der Waals surface area contributed by atoms with E-state index < -0.39 is 0 Å².